The van der Waals surface area contributed by atoms with Crippen LogP contribution in [0.25, 0.3) is 5.57 Å². The molecule has 0 atom stereocenters. The molecule has 16 heavy (non-hydrogen) atoms. The Hall–Kier alpha value is -2.06. The summed E-state index contributed by atoms with van der Waals surface area (Å²) in [6.45, 7) is 5.80. The van der Waals surface area contributed by atoms with Crippen LogP contribution in [0.1, 0.15) is 25.3 Å². The Bertz CT molecular complexity index is 432. The Balaban J connectivity index is 2.88. The van der Waals surface area contributed by atoms with Crippen LogP contribution >= 0.6 is 0 Å². The molecule has 0 saturated carbocycles. The molecule has 2 heteroatoms. The van der Waals surface area contributed by atoms with Crippen molar-refractivity contribution in [2.45, 2.75) is 19.8 Å². The lowest BCUT2D eigenvalue weighted by molar-refractivity contribution is 0.517. The van der Waals surface area contributed by atoms with E-state index in [0.717, 1.165) is 11.1 Å². The highest BCUT2D eigenvalue weighted by Crippen LogP contribution is 2.32. The van der Waals surface area contributed by atoms with Gasteiger partial charge in [0.25, 0.3) is 0 Å². The maximum absolute atomic E-state index is 9.06. The van der Waals surface area contributed by atoms with Gasteiger partial charge >= 0.3 is 0 Å². The molecule has 0 aliphatic heterocycles. The van der Waals surface area contributed by atoms with Crippen molar-refractivity contribution in [1.82, 2.24) is 0 Å². The monoisotopic (exact) mass is 210 g/mol. The molecule has 0 N–H and O–H groups in total. The summed E-state index contributed by atoms with van der Waals surface area (Å²) < 4.78 is 0. The van der Waals surface area contributed by atoms with Crippen LogP contribution in [0.3, 0.4) is 0 Å². The molecule has 0 spiro atoms. The average Bonchev–Trinajstić information content (AvgIpc) is 2.37. The lowest BCUT2D eigenvalue weighted by Crippen LogP contribution is -2.15. The third-order valence-corrected chi connectivity index (χ3v) is 2.73. The highest BCUT2D eigenvalue weighted by Gasteiger charge is 2.28. The molecule has 0 heterocycles. The van der Waals surface area contributed by atoms with E-state index in [-0.39, 0.29) is 0 Å². The molecule has 0 unspecified atom stereocenters. The number of benzene rings is 1. The van der Waals surface area contributed by atoms with Crippen LogP contribution in [0.15, 0.2) is 36.9 Å². The summed E-state index contributed by atoms with van der Waals surface area (Å²) in [6, 6.07) is 13.8. The van der Waals surface area contributed by atoms with Gasteiger partial charge in [0.05, 0.1) is 12.1 Å². The highest BCUT2D eigenvalue weighted by atomic mass is 14.4. The van der Waals surface area contributed by atoms with Gasteiger partial charge in [0.15, 0.2) is 0 Å². The third kappa shape index (κ3) is 2.49. The fraction of sp³-hybridized carbons (Fsp3) is 0.286. The number of hydrogen-bond donors (Lipinski definition) is 0. The predicted molar refractivity (Wildman–Crippen MR) is 64.0 cm³/mol. The molecule has 1 aromatic rings. The second-order valence-corrected chi connectivity index (χ2v) is 3.81. The molecule has 0 aromatic heterocycles. The van der Waals surface area contributed by atoms with Crippen LogP contribution in [0, 0.1) is 28.1 Å². The molecule has 80 valence electrons. The summed E-state index contributed by atoms with van der Waals surface area (Å²) in [5.41, 5.74) is 0.892. The Morgan fingerprint density at radius 2 is 1.81 bits per heavy atom. The molecule has 0 amide bonds. The van der Waals surface area contributed by atoms with E-state index in [4.69, 9.17) is 10.5 Å². The van der Waals surface area contributed by atoms with Gasteiger partial charge in [-0.3, -0.25) is 0 Å². The van der Waals surface area contributed by atoms with E-state index in [1.54, 1.807) is 0 Å². The van der Waals surface area contributed by atoms with Crippen LogP contribution in [0.2, 0.25) is 0 Å². The molecular weight excluding hydrogens is 196 g/mol. The predicted octanol–water partition coefficient (Wildman–Crippen LogP) is 3.53. The second-order valence-electron chi connectivity index (χ2n) is 3.81. The standard InChI is InChI=1S/C14H14N2/c1-3-14(10-15,11-16)9-12(2)13-7-5-4-6-8-13/h4-8H,2-3,9H2,1H3. The first-order chi connectivity index (χ1) is 7.67. The van der Waals surface area contributed by atoms with E-state index in [1.165, 1.54) is 0 Å². The highest BCUT2D eigenvalue weighted by molar-refractivity contribution is 5.64. The average molecular weight is 210 g/mol. The van der Waals surface area contributed by atoms with Gasteiger partial charge in [0.1, 0.15) is 5.41 Å². The van der Waals surface area contributed by atoms with Gasteiger partial charge in [-0.2, -0.15) is 10.5 Å². The van der Waals surface area contributed by atoms with E-state index >= 15 is 0 Å². The topological polar surface area (TPSA) is 47.6 Å². The summed E-state index contributed by atoms with van der Waals surface area (Å²) in [5, 5.41) is 18.1. The first-order valence-corrected chi connectivity index (χ1v) is 5.23. The van der Waals surface area contributed by atoms with Crippen molar-refractivity contribution < 1.29 is 0 Å². The molecule has 0 radical (unpaired) electrons. The van der Waals surface area contributed by atoms with Crippen LogP contribution < -0.4 is 0 Å². The number of nitrogens with zero attached hydrogens (tertiary/aromatic N) is 2. The molecule has 0 aliphatic rings. The quantitative estimate of drug-likeness (QED) is 0.763. The first-order valence-electron chi connectivity index (χ1n) is 5.23. The molecule has 1 aromatic carbocycles. The molecule has 0 saturated heterocycles. The molecule has 0 bridgehead atoms. The van der Waals surface area contributed by atoms with Crippen LogP contribution in [-0.4, -0.2) is 0 Å². The Morgan fingerprint density at radius 3 is 2.25 bits per heavy atom. The van der Waals surface area contributed by atoms with Crippen molar-refractivity contribution in [2.75, 3.05) is 0 Å². The van der Waals surface area contributed by atoms with Crippen molar-refractivity contribution in [1.29, 1.82) is 10.5 Å². The second kappa shape index (κ2) is 5.14. The maximum atomic E-state index is 9.06. The number of allylic oxidation sites excluding steroid dienone is 1. The van der Waals surface area contributed by atoms with Gasteiger partial charge in [-0.05, 0) is 17.6 Å². The third-order valence-electron chi connectivity index (χ3n) is 2.73. The minimum absolute atomic E-state index is 0.403. The van der Waals surface area contributed by atoms with Crippen LogP contribution in [0.4, 0.5) is 0 Å². The van der Waals surface area contributed by atoms with E-state index < -0.39 is 5.41 Å². The summed E-state index contributed by atoms with van der Waals surface area (Å²) in [4.78, 5) is 0. The van der Waals surface area contributed by atoms with Crippen molar-refractivity contribution in [3.05, 3.63) is 42.5 Å². The van der Waals surface area contributed by atoms with E-state index in [1.807, 2.05) is 37.3 Å². The van der Waals surface area contributed by atoms with Crippen LogP contribution in [-0.2, 0) is 0 Å². The smallest absolute Gasteiger partial charge is 0.147 e. The zero-order chi connectivity index (χ0) is 12.0. The van der Waals surface area contributed by atoms with Gasteiger partial charge in [0, 0.05) is 6.42 Å². The lowest BCUT2D eigenvalue weighted by Gasteiger charge is -2.17. The Labute approximate surface area is 96.4 Å². The first kappa shape index (κ1) is 12.0. The summed E-state index contributed by atoms with van der Waals surface area (Å²) >= 11 is 0. The summed E-state index contributed by atoms with van der Waals surface area (Å²) in [6.07, 6.45) is 0.923. The Kier molecular flexibility index (Phi) is 3.86. The van der Waals surface area contributed by atoms with Gasteiger partial charge in [0.2, 0.25) is 0 Å². The van der Waals surface area contributed by atoms with Crippen molar-refractivity contribution in [3.63, 3.8) is 0 Å². The summed E-state index contributed by atoms with van der Waals surface area (Å²) in [5.74, 6) is 0. The SMILES string of the molecule is C=C(CC(C#N)(C#N)CC)c1ccccc1. The van der Waals surface area contributed by atoms with Crippen molar-refractivity contribution >= 4 is 5.57 Å². The largest absolute Gasteiger partial charge is 0.197 e. The minimum Gasteiger partial charge on any atom is -0.197 e. The lowest BCUT2D eigenvalue weighted by atomic mass is 9.81. The number of nitriles is 2. The van der Waals surface area contributed by atoms with Crippen molar-refractivity contribution in [3.8, 4) is 12.1 Å². The fourth-order valence-corrected chi connectivity index (χ4v) is 1.53. The van der Waals surface area contributed by atoms with Gasteiger partial charge in [-0.1, -0.05) is 43.8 Å². The van der Waals surface area contributed by atoms with Gasteiger partial charge in [-0.15, -0.1) is 0 Å². The zero-order valence-corrected chi connectivity index (χ0v) is 9.40. The zero-order valence-electron chi connectivity index (χ0n) is 9.40. The fourth-order valence-electron chi connectivity index (χ4n) is 1.53. The van der Waals surface area contributed by atoms with Gasteiger partial charge < -0.3 is 0 Å². The number of hydrogen-bond acceptors (Lipinski definition) is 2. The van der Waals surface area contributed by atoms with Crippen molar-refractivity contribution in [2.24, 2.45) is 5.41 Å². The van der Waals surface area contributed by atoms with E-state index in [9.17, 15) is 0 Å². The molecule has 1 rings (SSSR count). The molecule has 0 aliphatic carbocycles. The number of rotatable bonds is 4. The van der Waals surface area contributed by atoms with E-state index in [0.29, 0.717) is 12.8 Å². The normalized spacial score (nSPS) is 10.2. The molecular formula is C14H14N2. The maximum Gasteiger partial charge on any atom is 0.147 e. The Morgan fingerprint density at radius 1 is 1.25 bits per heavy atom. The minimum atomic E-state index is -0.938. The molecule has 0 fully saturated rings. The molecule has 2 nitrogen and oxygen atoms in total. The summed E-state index contributed by atoms with van der Waals surface area (Å²) in [7, 11) is 0. The van der Waals surface area contributed by atoms with Gasteiger partial charge in [-0.25, -0.2) is 0 Å². The van der Waals surface area contributed by atoms with Crippen LogP contribution in [0.5, 0.6) is 0 Å². The van der Waals surface area contributed by atoms with E-state index in [2.05, 4.69) is 18.7 Å².